The van der Waals surface area contributed by atoms with Crippen LogP contribution in [-0.4, -0.2) is 40.0 Å². The second-order valence-electron chi connectivity index (χ2n) is 4.71. The van der Waals surface area contributed by atoms with E-state index in [0.717, 1.165) is 18.5 Å². The van der Waals surface area contributed by atoms with Gasteiger partial charge in [-0.25, -0.2) is 0 Å². The zero-order chi connectivity index (χ0) is 13.8. The molecule has 1 saturated heterocycles. The van der Waals surface area contributed by atoms with Gasteiger partial charge in [0.1, 0.15) is 6.04 Å². The average Bonchev–Trinajstić information content (AvgIpc) is 2.85. The van der Waals surface area contributed by atoms with Crippen LogP contribution in [0.25, 0.3) is 0 Å². The first kappa shape index (κ1) is 13.5. The lowest BCUT2D eigenvalue weighted by molar-refractivity contribution is -0.384. The molecule has 0 aromatic heterocycles. The van der Waals surface area contributed by atoms with Crippen LogP contribution in [0.1, 0.15) is 18.4 Å². The molecule has 0 aliphatic carbocycles. The number of nitro groups is 1. The number of rotatable bonds is 5. The second kappa shape index (κ2) is 5.79. The predicted molar refractivity (Wildman–Crippen MR) is 69.0 cm³/mol. The van der Waals surface area contributed by atoms with Crippen LogP contribution in [0.15, 0.2) is 24.3 Å². The largest absolute Gasteiger partial charge is 0.480 e. The maximum Gasteiger partial charge on any atom is 0.320 e. The summed E-state index contributed by atoms with van der Waals surface area (Å²) in [5, 5.41) is 19.6. The van der Waals surface area contributed by atoms with Gasteiger partial charge in [0, 0.05) is 18.7 Å². The van der Waals surface area contributed by atoms with Crippen LogP contribution < -0.4 is 0 Å². The molecule has 1 heterocycles. The maximum atomic E-state index is 11.0. The number of carbonyl (C=O) groups is 1. The minimum absolute atomic E-state index is 0.0772. The first-order valence-corrected chi connectivity index (χ1v) is 6.28. The van der Waals surface area contributed by atoms with E-state index in [-0.39, 0.29) is 11.7 Å². The van der Waals surface area contributed by atoms with Gasteiger partial charge in [0.2, 0.25) is 0 Å². The highest BCUT2D eigenvalue weighted by atomic mass is 16.6. The van der Waals surface area contributed by atoms with E-state index < -0.39 is 10.9 Å². The van der Waals surface area contributed by atoms with Crippen LogP contribution in [0, 0.1) is 10.1 Å². The standard InChI is InChI=1S/C13H16N2O4/c16-13(17)12-2-1-8-14(12)9-7-10-3-5-11(6-4-10)15(18)19/h3-6,12H,1-2,7-9H2,(H,16,17). The molecule has 1 N–H and O–H groups in total. The molecule has 6 heteroatoms. The lowest BCUT2D eigenvalue weighted by Crippen LogP contribution is -2.37. The number of hydrogen-bond donors (Lipinski definition) is 1. The number of carboxylic acids is 1. The summed E-state index contributed by atoms with van der Waals surface area (Å²) in [5.74, 6) is -0.763. The van der Waals surface area contributed by atoms with Crippen molar-refractivity contribution in [2.24, 2.45) is 0 Å². The highest BCUT2D eigenvalue weighted by Gasteiger charge is 2.29. The number of benzene rings is 1. The SMILES string of the molecule is O=C(O)C1CCCN1CCc1ccc([N+](=O)[O-])cc1. The fraction of sp³-hybridized carbons (Fsp3) is 0.462. The van der Waals surface area contributed by atoms with Gasteiger partial charge >= 0.3 is 5.97 Å². The van der Waals surface area contributed by atoms with Gasteiger partial charge in [-0.15, -0.1) is 0 Å². The molecule has 1 aliphatic heterocycles. The van der Waals surface area contributed by atoms with Crippen molar-refractivity contribution in [1.82, 2.24) is 4.90 Å². The molecule has 1 unspecified atom stereocenters. The minimum atomic E-state index is -0.763. The molecular formula is C13H16N2O4. The average molecular weight is 264 g/mol. The smallest absolute Gasteiger partial charge is 0.320 e. The monoisotopic (exact) mass is 264 g/mol. The van der Waals surface area contributed by atoms with Crippen LogP contribution in [0.5, 0.6) is 0 Å². The Morgan fingerprint density at radius 3 is 2.68 bits per heavy atom. The van der Waals surface area contributed by atoms with Gasteiger partial charge in [-0.1, -0.05) is 12.1 Å². The number of likely N-dealkylation sites (tertiary alicyclic amines) is 1. The van der Waals surface area contributed by atoms with Gasteiger partial charge in [0.15, 0.2) is 0 Å². The van der Waals surface area contributed by atoms with Crippen LogP contribution in [0.3, 0.4) is 0 Å². The van der Waals surface area contributed by atoms with Crippen molar-refractivity contribution in [1.29, 1.82) is 0 Å². The van der Waals surface area contributed by atoms with E-state index in [0.29, 0.717) is 19.4 Å². The molecular weight excluding hydrogens is 248 g/mol. The molecule has 0 radical (unpaired) electrons. The Morgan fingerprint density at radius 2 is 2.11 bits per heavy atom. The predicted octanol–water partition coefficient (Wildman–Crippen LogP) is 1.69. The zero-order valence-electron chi connectivity index (χ0n) is 10.5. The fourth-order valence-electron chi connectivity index (χ4n) is 2.43. The fourth-order valence-corrected chi connectivity index (χ4v) is 2.43. The molecule has 102 valence electrons. The molecule has 0 spiro atoms. The Balaban J connectivity index is 1.91. The van der Waals surface area contributed by atoms with Gasteiger partial charge in [-0.2, -0.15) is 0 Å². The normalized spacial score (nSPS) is 19.5. The van der Waals surface area contributed by atoms with Crippen LogP contribution >= 0.6 is 0 Å². The van der Waals surface area contributed by atoms with Crippen molar-refractivity contribution < 1.29 is 14.8 Å². The van der Waals surface area contributed by atoms with Crippen molar-refractivity contribution in [2.75, 3.05) is 13.1 Å². The van der Waals surface area contributed by atoms with E-state index in [1.807, 2.05) is 4.90 Å². The first-order chi connectivity index (χ1) is 9.08. The molecule has 0 amide bonds. The highest BCUT2D eigenvalue weighted by Crippen LogP contribution is 2.18. The summed E-state index contributed by atoms with van der Waals surface area (Å²) in [5.41, 5.74) is 1.06. The van der Waals surface area contributed by atoms with Crippen LogP contribution in [0.4, 0.5) is 5.69 Å². The summed E-state index contributed by atoms with van der Waals surface area (Å²) in [6.07, 6.45) is 2.33. The summed E-state index contributed by atoms with van der Waals surface area (Å²) < 4.78 is 0. The molecule has 1 aromatic carbocycles. The quantitative estimate of drug-likeness (QED) is 0.646. The Labute approximate surface area is 110 Å². The Kier molecular flexibility index (Phi) is 4.11. The summed E-state index contributed by atoms with van der Waals surface area (Å²) >= 11 is 0. The van der Waals surface area contributed by atoms with Gasteiger partial charge in [-0.05, 0) is 31.4 Å². The molecule has 0 saturated carbocycles. The third kappa shape index (κ3) is 3.29. The molecule has 0 bridgehead atoms. The first-order valence-electron chi connectivity index (χ1n) is 6.28. The van der Waals surface area contributed by atoms with Gasteiger partial charge in [-0.3, -0.25) is 19.8 Å². The number of nitro benzene ring substituents is 1. The van der Waals surface area contributed by atoms with E-state index in [4.69, 9.17) is 5.11 Å². The zero-order valence-corrected chi connectivity index (χ0v) is 10.5. The van der Waals surface area contributed by atoms with Crippen LogP contribution in [0.2, 0.25) is 0 Å². The summed E-state index contributed by atoms with van der Waals surface area (Å²) in [6.45, 7) is 1.48. The Hall–Kier alpha value is -1.95. The Bertz CT molecular complexity index is 472. The number of carboxylic acid groups (broad SMARTS) is 1. The number of hydrogen-bond acceptors (Lipinski definition) is 4. The summed E-state index contributed by atoms with van der Waals surface area (Å²) in [4.78, 5) is 23.1. The number of aliphatic carboxylic acids is 1. The highest BCUT2D eigenvalue weighted by molar-refractivity contribution is 5.73. The van der Waals surface area contributed by atoms with Crippen molar-refractivity contribution >= 4 is 11.7 Å². The molecule has 1 aliphatic rings. The van der Waals surface area contributed by atoms with Crippen molar-refractivity contribution in [3.05, 3.63) is 39.9 Å². The second-order valence-corrected chi connectivity index (χ2v) is 4.71. The molecule has 19 heavy (non-hydrogen) atoms. The van der Waals surface area contributed by atoms with Gasteiger partial charge in [0.05, 0.1) is 4.92 Å². The molecule has 1 aromatic rings. The van der Waals surface area contributed by atoms with Crippen molar-refractivity contribution in [3.8, 4) is 0 Å². The van der Waals surface area contributed by atoms with Crippen LogP contribution in [-0.2, 0) is 11.2 Å². The van der Waals surface area contributed by atoms with Crippen molar-refractivity contribution in [2.45, 2.75) is 25.3 Å². The van der Waals surface area contributed by atoms with E-state index in [1.165, 1.54) is 12.1 Å². The lowest BCUT2D eigenvalue weighted by Gasteiger charge is -2.20. The maximum absolute atomic E-state index is 11.0. The molecule has 1 fully saturated rings. The third-order valence-corrected chi connectivity index (χ3v) is 3.48. The molecule has 1 atom stereocenters. The molecule has 2 rings (SSSR count). The third-order valence-electron chi connectivity index (χ3n) is 3.48. The van der Waals surface area contributed by atoms with Crippen molar-refractivity contribution in [3.63, 3.8) is 0 Å². The number of non-ortho nitro benzene ring substituents is 1. The van der Waals surface area contributed by atoms with E-state index in [9.17, 15) is 14.9 Å². The Morgan fingerprint density at radius 1 is 1.42 bits per heavy atom. The van der Waals surface area contributed by atoms with Gasteiger partial charge in [0.25, 0.3) is 5.69 Å². The minimum Gasteiger partial charge on any atom is -0.480 e. The summed E-state index contributed by atoms with van der Waals surface area (Å²) in [6, 6.07) is 6.04. The van der Waals surface area contributed by atoms with E-state index >= 15 is 0 Å². The summed E-state index contributed by atoms with van der Waals surface area (Å²) in [7, 11) is 0. The topological polar surface area (TPSA) is 83.7 Å². The molecule has 6 nitrogen and oxygen atoms in total. The number of nitrogens with zero attached hydrogens (tertiary/aromatic N) is 2. The lowest BCUT2D eigenvalue weighted by atomic mass is 10.1. The van der Waals surface area contributed by atoms with Gasteiger partial charge < -0.3 is 5.11 Å². The van der Waals surface area contributed by atoms with E-state index in [1.54, 1.807) is 12.1 Å². The van der Waals surface area contributed by atoms with E-state index in [2.05, 4.69) is 0 Å².